The average molecular weight is 212 g/mol. The normalized spacial score (nSPS) is 21.0. The van der Waals surface area contributed by atoms with Crippen LogP contribution in [0.3, 0.4) is 0 Å². The van der Waals surface area contributed by atoms with E-state index in [9.17, 15) is 0 Å². The SMILES string of the molecule is CCCC(C)N(C)CC1(CN(C)C)CC1. The van der Waals surface area contributed by atoms with Gasteiger partial charge in [0.1, 0.15) is 0 Å². The molecule has 1 fully saturated rings. The number of hydrogen-bond donors (Lipinski definition) is 0. The molecule has 1 unspecified atom stereocenters. The molecule has 2 heteroatoms. The van der Waals surface area contributed by atoms with Crippen LogP contribution in [0.1, 0.15) is 39.5 Å². The predicted molar refractivity (Wildman–Crippen MR) is 67.2 cm³/mol. The van der Waals surface area contributed by atoms with Crippen LogP contribution in [-0.4, -0.2) is 50.1 Å². The van der Waals surface area contributed by atoms with E-state index < -0.39 is 0 Å². The zero-order chi connectivity index (χ0) is 11.5. The maximum Gasteiger partial charge on any atom is 0.00640 e. The molecule has 0 bridgehead atoms. The van der Waals surface area contributed by atoms with Gasteiger partial charge in [-0.3, -0.25) is 0 Å². The van der Waals surface area contributed by atoms with Gasteiger partial charge in [0.05, 0.1) is 0 Å². The van der Waals surface area contributed by atoms with Gasteiger partial charge in [0.25, 0.3) is 0 Å². The first-order valence-corrected chi connectivity index (χ1v) is 6.34. The van der Waals surface area contributed by atoms with Crippen LogP contribution in [0.4, 0.5) is 0 Å². The van der Waals surface area contributed by atoms with E-state index in [-0.39, 0.29) is 0 Å². The molecule has 2 nitrogen and oxygen atoms in total. The Bertz CT molecular complexity index is 185. The lowest BCUT2D eigenvalue weighted by atomic mass is 10.0. The van der Waals surface area contributed by atoms with Crippen molar-refractivity contribution in [1.29, 1.82) is 0 Å². The monoisotopic (exact) mass is 212 g/mol. The van der Waals surface area contributed by atoms with Gasteiger partial charge in [-0.2, -0.15) is 0 Å². The minimum absolute atomic E-state index is 0.625. The molecule has 0 aromatic heterocycles. The highest BCUT2D eigenvalue weighted by Crippen LogP contribution is 2.46. The molecule has 90 valence electrons. The molecule has 0 amide bonds. The first-order valence-electron chi connectivity index (χ1n) is 6.34. The predicted octanol–water partition coefficient (Wildman–Crippen LogP) is 2.45. The van der Waals surface area contributed by atoms with Crippen LogP contribution in [0.2, 0.25) is 0 Å². The fraction of sp³-hybridized carbons (Fsp3) is 1.00. The topological polar surface area (TPSA) is 6.48 Å². The molecular formula is C13H28N2. The molecule has 0 N–H and O–H groups in total. The molecule has 0 radical (unpaired) electrons. The van der Waals surface area contributed by atoms with Crippen LogP contribution >= 0.6 is 0 Å². The molecule has 1 aliphatic rings. The van der Waals surface area contributed by atoms with Crippen molar-refractivity contribution < 1.29 is 0 Å². The molecule has 1 saturated carbocycles. The molecule has 1 aliphatic carbocycles. The second-order valence-corrected chi connectivity index (χ2v) is 5.79. The lowest BCUT2D eigenvalue weighted by Crippen LogP contribution is -2.38. The number of hydrogen-bond acceptors (Lipinski definition) is 2. The summed E-state index contributed by atoms with van der Waals surface area (Å²) >= 11 is 0. The minimum Gasteiger partial charge on any atom is -0.309 e. The van der Waals surface area contributed by atoms with Crippen molar-refractivity contribution >= 4 is 0 Å². The summed E-state index contributed by atoms with van der Waals surface area (Å²) in [5.74, 6) is 0. The first kappa shape index (κ1) is 13.0. The maximum atomic E-state index is 2.56. The van der Waals surface area contributed by atoms with E-state index in [1.807, 2.05) is 0 Å². The van der Waals surface area contributed by atoms with Gasteiger partial charge in [0.2, 0.25) is 0 Å². The average Bonchev–Trinajstić information content (AvgIpc) is 2.83. The summed E-state index contributed by atoms with van der Waals surface area (Å²) in [5.41, 5.74) is 0.625. The largest absolute Gasteiger partial charge is 0.309 e. The van der Waals surface area contributed by atoms with E-state index in [1.165, 1.54) is 38.8 Å². The Labute approximate surface area is 95.6 Å². The quantitative estimate of drug-likeness (QED) is 0.639. The lowest BCUT2D eigenvalue weighted by Gasteiger charge is -2.30. The van der Waals surface area contributed by atoms with E-state index >= 15 is 0 Å². The van der Waals surface area contributed by atoms with Crippen LogP contribution in [0.15, 0.2) is 0 Å². The Morgan fingerprint density at radius 2 is 1.73 bits per heavy atom. The molecule has 0 heterocycles. The van der Waals surface area contributed by atoms with Crippen molar-refractivity contribution in [3.8, 4) is 0 Å². The van der Waals surface area contributed by atoms with E-state index in [4.69, 9.17) is 0 Å². The van der Waals surface area contributed by atoms with Crippen LogP contribution in [-0.2, 0) is 0 Å². The highest BCUT2D eigenvalue weighted by molar-refractivity contribution is 4.97. The van der Waals surface area contributed by atoms with Crippen molar-refractivity contribution in [2.45, 2.75) is 45.6 Å². The fourth-order valence-electron chi connectivity index (χ4n) is 2.54. The second kappa shape index (κ2) is 5.31. The van der Waals surface area contributed by atoms with Gasteiger partial charge < -0.3 is 9.80 Å². The van der Waals surface area contributed by atoms with Crippen molar-refractivity contribution in [2.75, 3.05) is 34.2 Å². The van der Waals surface area contributed by atoms with Gasteiger partial charge in [0, 0.05) is 19.1 Å². The Morgan fingerprint density at radius 1 is 1.13 bits per heavy atom. The van der Waals surface area contributed by atoms with E-state index in [0.717, 1.165) is 6.04 Å². The van der Waals surface area contributed by atoms with Crippen molar-refractivity contribution in [3.05, 3.63) is 0 Å². The van der Waals surface area contributed by atoms with Crippen LogP contribution in [0, 0.1) is 5.41 Å². The molecular weight excluding hydrogens is 184 g/mol. The lowest BCUT2D eigenvalue weighted by molar-refractivity contribution is 0.174. The summed E-state index contributed by atoms with van der Waals surface area (Å²) in [6.45, 7) is 7.18. The molecule has 0 aromatic carbocycles. The summed E-state index contributed by atoms with van der Waals surface area (Å²) in [4.78, 5) is 4.89. The van der Waals surface area contributed by atoms with Crippen LogP contribution in [0.5, 0.6) is 0 Å². The van der Waals surface area contributed by atoms with Gasteiger partial charge in [-0.15, -0.1) is 0 Å². The summed E-state index contributed by atoms with van der Waals surface area (Å²) < 4.78 is 0. The Morgan fingerprint density at radius 3 is 2.13 bits per heavy atom. The molecule has 0 aromatic rings. The fourth-order valence-corrected chi connectivity index (χ4v) is 2.54. The van der Waals surface area contributed by atoms with E-state index in [1.54, 1.807) is 0 Å². The standard InChI is InChI=1S/C13H28N2/c1-6-7-12(2)15(5)11-13(8-9-13)10-14(3)4/h12H,6-11H2,1-5H3. The second-order valence-electron chi connectivity index (χ2n) is 5.79. The van der Waals surface area contributed by atoms with Crippen molar-refractivity contribution in [3.63, 3.8) is 0 Å². The van der Waals surface area contributed by atoms with Gasteiger partial charge in [-0.1, -0.05) is 13.3 Å². The molecule has 0 aliphatic heterocycles. The van der Waals surface area contributed by atoms with Crippen LogP contribution in [0.25, 0.3) is 0 Å². The summed E-state index contributed by atoms with van der Waals surface area (Å²) in [7, 11) is 6.67. The van der Waals surface area contributed by atoms with Crippen molar-refractivity contribution in [2.24, 2.45) is 5.41 Å². The molecule has 0 spiro atoms. The minimum atomic E-state index is 0.625. The third-order valence-corrected chi connectivity index (χ3v) is 3.65. The van der Waals surface area contributed by atoms with Crippen molar-refractivity contribution in [1.82, 2.24) is 9.80 Å². The first-order chi connectivity index (χ1) is 6.99. The third-order valence-electron chi connectivity index (χ3n) is 3.65. The summed E-state index contributed by atoms with van der Waals surface area (Å²) in [6.07, 6.45) is 5.48. The van der Waals surface area contributed by atoms with Crippen LogP contribution < -0.4 is 0 Å². The van der Waals surface area contributed by atoms with E-state index in [2.05, 4.69) is 44.8 Å². The zero-order valence-electron chi connectivity index (χ0n) is 11.2. The molecule has 1 atom stereocenters. The van der Waals surface area contributed by atoms with Gasteiger partial charge >= 0.3 is 0 Å². The molecule has 0 saturated heterocycles. The smallest absolute Gasteiger partial charge is 0.00640 e. The Kier molecular flexibility index (Phi) is 4.60. The highest BCUT2D eigenvalue weighted by Gasteiger charge is 2.43. The molecule has 1 rings (SSSR count). The maximum absolute atomic E-state index is 2.56. The summed E-state index contributed by atoms with van der Waals surface area (Å²) in [5, 5.41) is 0. The van der Waals surface area contributed by atoms with Gasteiger partial charge in [0.15, 0.2) is 0 Å². The number of nitrogens with zero attached hydrogens (tertiary/aromatic N) is 2. The number of rotatable bonds is 7. The Balaban J connectivity index is 2.33. The highest BCUT2D eigenvalue weighted by atomic mass is 15.2. The third kappa shape index (κ3) is 4.12. The molecule has 15 heavy (non-hydrogen) atoms. The Hall–Kier alpha value is -0.0800. The van der Waals surface area contributed by atoms with Gasteiger partial charge in [-0.25, -0.2) is 0 Å². The zero-order valence-corrected chi connectivity index (χ0v) is 11.2. The van der Waals surface area contributed by atoms with E-state index in [0.29, 0.717) is 5.41 Å². The van der Waals surface area contributed by atoms with Gasteiger partial charge in [-0.05, 0) is 52.7 Å². The summed E-state index contributed by atoms with van der Waals surface area (Å²) in [6, 6.07) is 0.745.